The van der Waals surface area contributed by atoms with E-state index in [2.05, 4.69) is 41.4 Å². The molecule has 0 aliphatic carbocycles. The van der Waals surface area contributed by atoms with E-state index in [1.165, 1.54) is 20.2 Å². The van der Waals surface area contributed by atoms with Gasteiger partial charge in [-0.2, -0.15) is 0 Å². The molecule has 0 bridgehead atoms. The van der Waals surface area contributed by atoms with Crippen molar-refractivity contribution in [2.45, 2.75) is 0 Å². The van der Waals surface area contributed by atoms with Crippen molar-refractivity contribution in [1.82, 2.24) is 19.9 Å². The lowest BCUT2D eigenvalue weighted by atomic mass is 9.99. The summed E-state index contributed by atoms with van der Waals surface area (Å²) >= 11 is 1.78. The molecule has 7 rings (SSSR count). The summed E-state index contributed by atoms with van der Waals surface area (Å²) in [7, 11) is 0. The molecule has 0 N–H and O–H groups in total. The third-order valence-corrected chi connectivity index (χ3v) is 7.65. The summed E-state index contributed by atoms with van der Waals surface area (Å²) in [5.41, 5.74) is 5.13. The maximum Gasteiger partial charge on any atom is 0.165 e. The molecule has 7 aromatic rings. The first-order chi connectivity index (χ1) is 18.3. The van der Waals surface area contributed by atoms with Crippen molar-refractivity contribution < 1.29 is 0 Å². The SMILES string of the molecule is c1ccc(-c2nc(-c3ccccc3)nc(-c3cc(-c4ccncc4)cc4c3sc3ccccc34)n2)cc1. The van der Waals surface area contributed by atoms with E-state index in [1.54, 1.807) is 11.3 Å². The lowest BCUT2D eigenvalue weighted by molar-refractivity contribution is 1.08. The molecule has 4 aromatic carbocycles. The fraction of sp³-hybridized carbons (Fsp3) is 0. The smallest absolute Gasteiger partial charge is 0.165 e. The summed E-state index contributed by atoms with van der Waals surface area (Å²) in [5, 5.41) is 2.44. The molecule has 37 heavy (non-hydrogen) atoms. The summed E-state index contributed by atoms with van der Waals surface area (Å²) in [6.45, 7) is 0. The van der Waals surface area contributed by atoms with Crippen molar-refractivity contribution in [3.05, 3.63) is 122 Å². The molecule has 0 fully saturated rings. The molecule has 3 heterocycles. The van der Waals surface area contributed by atoms with Gasteiger partial charge in [-0.15, -0.1) is 11.3 Å². The van der Waals surface area contributed by atoms with E-state index in [1.807, 2.05) is 85.2 Å². The fourth-order valence-corrected chi connectivity index (χ4v) is 5.83. The number of aromatic nitrogens is 4. The van der Waals surface area contributed by atoms with Crippen LogP contribution >= 0.6 is 11.3 Å². The van der Waals surface area contributed by atoms with E-state index in [9.17, 15) is 0 Å². The maximum absolute atomic E-state index is 5.03. The topological polar surface area (TPSA) is 51.6 Å². The van der Waals surface area contributed by atoms with Crippen LogP contribution in [0, 0.1) is 0 Å². The molecule has 3 aromatic heterocycles. The lowest BCUT2D eigenvalue weighted by Crippen LogP contribution is -2.00. The Labute approximate surface area is 218 Å². The van der Waals surface area contributed by atoms with Crippen molar-refractivity contribution in [3.63, 3.8) is 0 Å². The minimum atomic E-state index is 0.660. The van der Waals surface area contributed by atoms with E-state index in [4.69, 9.17) is 15.0 Å². The van der Waals surface area contributed by atoms with Gasteiger partial charge in [0.1, 0.15) is 0 Å². The first-order valence-electron chi connectivity index (χ1n) is 12.1. The van der Waals surface area contributed by atoms with Crippen molar-refractivity contribution >= 4 is 31.5 Å². The Morgan fingerprint density at radius 1 is 0.459 bits per heavy atom. The molecular weight excluding hydrogens is 472 g/mol. The summed E-state index contributed by atoms with van der Waals surface area (Å²) in [5.74, 6) is 1.99. The first-order valence-corrected chi connectivity index (χ1v) is 12.9. The highest BCUT2D eigenvalue weighted by atomic mass is 32.1. The maximum atomic E-state index is 5.03. The van der Waals surface area contributed by atoms with Gasteiger partial charge in [-0.25, -0.2) is 15.0 Å². The highest BCUT2D eigenvalue weighted by Crippen LogP contribution is 2.42. The molecule has 0 saturated carbocycles. The third kappa shape index (κ3) is 3.96. The van der Waals surface area contributed by atoms with Gasteiger partial charge in [-0.1, -0.05) is 78.9 Å². The molecule has 0 atom stereocenters. The van der Waals surface area contributed by atoms with Crippen LogP contribution in [-0.4, -0.2) is 19.9 Å². The Bertz CT molecular complexity index is 1810. The molecule has 0 aliphatic rings. The fourth-order valence-electron chi connectivity index (χ4n) is 4.63. The van der Waals surface area contributed by atoms with Gasteiger partial charge < -0.3 is 0 Å². The Hall–Kier alpha value is -4.74. The van der Waals surface area contributed by atoms with Crippen molar-refractivity contribution in [3.8, 4) is 45.3 Å². The van der Waals surface area contributed by atoms with Crippen LogP contribution in [0.15, 0.2) is 122 Å². The van der Waals surface area contributed by atoms with E-state index in [-0.39, 0.29) is 0 Å². The Kier molecular flexibility index (Phi) is 5.26. The Balaban J connectivity index is 1.55. The standard InChI is InChI=1S/C32H20N4S/c1-3-9-22(10-4-1)30-34-31(23-11-5-2-6-12-23)36-32(35-30)27-20-24(21-15-17-33-18-16-21)19-26-25-13-7-8-14-28(25)37-29(26)27/h1-20H. The Morgan fingerprint density at radius 2 is 1.05 bits per heavy atom. The quantitative estimate of drug-likeness (QED) is 0.248. The van der Waals surface area contributed by atoms with Crippen molar-refractivity contribution in [2.24, 2.45) is 0 Å². The van der Waals surface area contributed by atoms with Gasteiger partial charge in [-0.3, -0.25) is 4.98 Å². The Morgan fingerprint density at radius 3 is 1.73 bits per heavy atom. The van der Waals surface area contributed by atoms with Crippen LogP contribution in [0.2, 0.25) is 0 Å². The zero-order chi connectivity index (χ0) is 24.6. The molecule has 0 amide bonds. The van der Waals surface area contributed by atoms with Crippen LogP contribution in [0.5, 0.6) is 0 Å². The summed E-state index contributed by atoms with van der Waals surface area (Å²) in [4.78, 5) is 19.1. The number of rotatable bonds is 4. The monoisotopic (exact) mass is 492 g/mol. The third-order valence-electron chi connectivity index (χ3n) is 6.43. The molecule has 4 nitrogen and oxygen atoms in total. The van der Waals surface area contributed by atoms with Gasteiger partial charge in [0.15, 0.2) is 17.5 Å². The number of benzene rings is 4. The van der Waals surface area contributed by atoms with Crippen LogP contribution in [0.1, 0.15) is 0 Å². The molecule has 0 aliphatic heterocycles. The largest absolute Gasteiger partial charge is 0.265 e. The van der Waals surface area contributed by atoms with Crippen LogP contribution < -0.4 is 0 Å². The molecular formula is C32H20N4S. The van der Waals surface area contributed by atoms with Crippen LogP contribution in [0.3, 0.4) is 0 Å². The van der Waals surface area contributed by atoms with Gasteiger partial charge in [0.2, 0.25) is 0 Å². The number of hydrogen-bond acceptors (Lipinski definition) is 5. The number of nitrogens with zero attached hydrogens (tertiary/aromatic N) is 4. The minimum absolute atomic E-state index is 0.660. The van der Waals surface area contributed by atoms with E-state index >= 15 is 0 Å². The summed E-state index contributed by atoms with van der Waals surface area (Å²) in [6.07, 6.45) is 3.66. The summed E-state index contributed by atoms with van der Waals surface area (Å²) < 4.78 is 2.41. The molecule has 0 radical (unpaired) electrons. The van der Waals surface area contributed by atoms with Crippen LogP contribution in [0.25, 0.3) is 65.5 Å². The molecule has 5 heteroatoms. The van der Waals surface area contributed by atoms with Gasteiger partial charge in [0.25, 0.3) is 0 Å². The van der Waals surface area contributed by atoms with Crippen LogP contribution in [-0.2, 0) is 0 Å². The van der Waals surface area contributed by atoms with Crippen molar-refractivity contribution in [2.75, 3.05) is 0 Å². The average molecular weight is 493 g/mol. The highest BCUT2D eigenvalue weighted by Gasteiger charge is 2.18. The van der Waals surface area contributed by atoms with E-state index < -0.39 is 0 Å². The van der Waals surface area contributed by atoms with Crippen LogP contribution in [0.4, 0.5) is 0 Å². The average Bonchev–Trinajstić information content (AvgIpc) is 3.36. The van der Waals surface area contributed by atoms with Gasteiger partial charge in [0.05, 0.1) is 0 Å². The second-order valence-electron chi connectivity index (χ2n) is 8.77. The zero-order valence-electron chi connectivity index (χ0n) is 19.7. The predicted octanol–water partition coefficient (Wildman–Crippen LogP) is 8.30. The highest BCUT2D eigenvalue weighted by molar-refractivity contribution is 7.26. The lowest BCUT2D eigenvalue weighted by Gasteiger charge is -2.11. The molecule has 174 valence electrons. The molecule has 0 spiro atoms. The second-order valence-corrected chi connectivity index (χ2v) is 9.83. The minimum Gasteiger partial charge on any atom is -0.265 e. The number of pyridine rings is 1. The van der Waals surface area contributed by atoms with Gasteiger partial charge >= 0.3 is 0 Å². The predicted molar refractivity (Wildman–Crippen MR) is 152 cm³/mol. The van der Waals surface area contributed by atoms with Gasteiger partial charge in [-0.05, 0) is 41.5 Å². The van der Waals surface area contributed by atoms with Crippen molar-refractivity contribution in [1.29, 1.82) is 0 Å². The number of hydrogen-bond donors (Lipinski definition) is 0. The molecule has 0 saturated heterocycles. The number of thiophene rings is 1. The molecule has 0 unspecified atom stereocenters. The zero-order valence-corrected chi connectivity index (χ0v) is 20.6. The van der Waals surface area contributed by atoms with Gasteiger partial charge in [0, 0.05) is 49.3 Å². The number of fused-ring (bicyclic) bond motifs is 3. The normalized spacial score (nSPS) is 11.2. The summed E-state index contributed by atoms with van der Waals surface area (Å²) in [6, 6.07) is 37.3. The first kappa shape index (κ1) is 21.5. The van der Waals surface area contributed by atoms with E-state index in [0.29, 0.717) is 17.5 Å². The second kappa shape index (κ2) is 9.04. The van der Waals surface area contributed by atoms with E-state index in [0.717, 1.165) is 27.8 Å².